The van der Waals surface area contributed by atoms with Crippen molar-refractivity contribution in [1.29, 1.82) is 0 Å². The van der Waals surface area contributed by atoms with E-state index in [1.807, 2.05) is 0 Å². The second kappa shape index (κ2) is 22.3. The van der Waals surface area contributed by atoms with Gasteiger partial charge in [-0.25, -0.2) is 9.97 Å². The Morgan fingerprint density at radius 3 is 1.39 bits per heavy atom. The number of aromatic nitrogens is 10. The van der Waals surface area contributed by atoms with Crippen molar-refractivity contribution in [3.05, 3.63) is 73.1 Å². The highest BCUT2D eigenvalue weighted by Gasteiger charge is 2.39. The van der Waals surface area contributed by atoms with Gasteiger partial charge in [-0.15, -0.1) is 20.4 Å². The highest BCUT2D eigenvalue weighted by molar-refractivity contribution is 6.21. The third-order valence-corrected chi connectivity index (χ3v) is 6.97. The molecule has 16 nitrogen and oxygen atoms in total. The maximum absolute atomic E-state index is 14.3. The van der Waals surface area contributed by atoms with Gasteiger partial charge in [-0.05, 0) is 23.7 Å². The number of halogens is 11. The van der Waals surface area contributed by atoms with Gasteiger partial charge >= 0.3 is 23.8 Å². The van der Waals surface area contributed by atoms with Crippen molar-refractivity contribution in [3.8, 4) is 34.3 Å². The smallest absolute Gasteiger partial charge is 0.422 e. The molecule has 27 heteroatoms. The van der Waals surface area contributed by atoms with E-state index in [0.29, 0.717) is 17.7 Å². The van der Waals surface area contributed by atoms with Gasteiger partial charge in [0, 0.05) is 62.3 Å². The predicted molar refractivity (Wildman–Crippen MR) is 195 cm³/mol. The van der Waals surface area contributed by atoms with E-state index in [9.17, 15) is 43.9 Å². The Hall–Kier alpha value is -5.57. The number of aliphatic hydroxyl groups excluding tert-OH is 1. The van der Waals surface area contributed by atoms with Gasteiger partial charge in [0.2, 0.25) is 23.4 Å². The number of hydrogen-bond donors (Lipinski definition) is 1. The van der Waals surface area contributed by atoms with Crippen molar-refractivity contribution in [2.45, 2.75) is 38.7 Å². The van der Waals surface area contributed by atoms with Crippen LogP contribution in [0, 0.1) is 0 Å². The first-order valence-corrected chi connectivity index (χ1v) is 16.5. The van der Waals surface area contributed by atoms with Crippen LogP contribution in [0.5, 0.6) is 11.8 Å². The second-order valence-electron chi connectivity index (χ2n) is 11.2. The van der Waals surface area contributed by atoms with E-state index in [1.54, 1.807) is 7.11 Å². The van der Waals surface area contributed by atoms with Gasteiger partial charge in [0.15, 0.2) is 24.5 Å². The number of nitrogens with zero attached hydrogens (tertiary/aromatic N) is 10. The molecule has 6 heterocycles. The first-order valence-electron chi connectivity index (χ1n) is 16.2. The summed E-state index contributed by atoms with van der Waals surface area (Å²) in [5, 5.41) is 18.1. The fraction of sp³-hybridized carbons (Fsp3) is 0.412. The van der Waals surface area contributed by atoms with Gasteiger partial charge < -0.3 is 28.8 Å². The van der Waals surface area contributed by atoms with Crippen molar-refractivity contribution in [2.24, 2.45) is 0 Å². The van der Waals surface area contributed by atoms with Crippen LogP contribution in [0.4, 0.5) is 43.9 Å². The fourth-order valence-corrected chi connectivity index (χ4v) is 4.38. The Bertz CT molecular complexity index is 2220. The van der Waals surface area contributed by atoms with Gasteiger partial charge in [-0.1, -0.05) is 14.9 Å². The molecule has 0 radical (unpaired) electrons. The summed E-state index contributed by atoms with van der Waals surface area (Å²) in [6.07, 6.45) is -5.43. The summed E-state index contributed by atoms with van der Waals surface area (Å²) < 4.78 is 153. The molecule has 0 atom stereocenters. The molecule has 0 spiro atoms. The van der Waals surface area contributed by atoms with Crippen LogP contribution in [0.1, 0.15) is 26.5 Å². The number of ether oxygens (including phenoxy) is 5. The highest BCUT2D eigenvalue weighted by atomic mass is 35.5. The number of alkyl halides is 11. The van der Waals surface area contributed by atoms with E-state index in [4.69, 9.17) is 16.7 Å². The summed E-state index contributed by atoms with van der Waals surface area (Å²) in [5.74, 6) is -2.02. The minimum atomic E-state index is -4.49. The normalized spacial score (nSPS) is 11.8. The average Bonchev–Trinajstić information content (AvgIpc) is 3.82. The standard InChI is InChI=1S/C16H14F5N5O3.C13H7ClF5N5O.C3H8O2.2CH4/c1-27-4-5-29-16(20,21)14-25-24-12-7-22-11(8-26(12)14)10-2-3-13(23-6-10)28-9-15(17,18)19;14-13(18,19)11-23-22-9-4-20-8(5-24(9)11)7-1-2-10(21-3-7)25-6-12(15,16)17;1-5-3-2-4;;/h2-3,6-8H,4-5,9H2,1H3;1-5H,6H2;4H,2-3H2,1H3;2*1H4. The molecule has 6 aromatic rings. The van der Waals surface area contributed by atoms with E-state index in [-0.39, 0.29) is 69.1 Å². The summed E-state index contributed by atoms with van der Waals surface area (Å²) >= 11 is 4.97. The molecule has 0 aliphatic heterocycles. The molecule has 0 saturated carbocycles. The van der Waals surface area contributed by atoms with Crippen molar-refractivity contribution in [2.75, 3.05) is 53.9 Å². The van der Waals surface area contributed by atoms with Crippen LogP contribution in [-0.2, 0) is 25.7 Å². The van der Waals surface area contributed by atoms with Gasteiger partial charge in [0.25, 0.3) is 0 Å². The fourth-order valence-electron chi connectivity index (χ4n) is 4.25. The van der Waals surface area contributed by atoms with Gasteiger partial charge in [-0.3, -0.25) is 18.8 Å². The zero-order valence-corrected chi connectivity index (χ0v) is 30.9. The largest absolute Gasteiger partial charge is 0.468 e. The Balaban J connectivity index is 0.000000370. The van der Waals surface area contributed by atoms with E-state index in [1.165, 1.54) is 68.6 Å². The molecule has 0 saturated heterocycles. The number of fused-ring (bicyclic) bond motifs is 2. The van der Waals surface area contributed by atoms with Gasteiger partial charge in [0.1, 0.15) is 0 Å². The zero-order valence-electron chi connectivity index (χ0n) is 30.1. The van der Waals surface area contributed by atoms with Gasteiger partial charge in [0.05, 0.1) is 50.2 Å². The quantitative estimate of drug-likeness (QED) is 0.0662. The van der Waals surface area contributed by atoms with Crippen molar-refractivity contribution in [1.82, 2.24) is 49.1 Å². The average molecular weight is 907 g/mol. The van der Waals surface area contributed by atoms with Crippen LogP contribution < -0.4 is 9.47 Å². The Morgan fingerprint density at radius 2 is 1.03 bits per heavy atom. The first-order chi connectivity index (χ1) is 27.7. The molecule has 0 aliphatic carbocycles. The third kappa shape index (κ3) is 15.4. The predicted octanol–water partition coefficient (Wildman–Crippen LogP) is 7.15. The molecular formula is C34H37ClF10N10O6. The first kappa shape index (κ1) is 51.6. The number of hydrogen-bond acceptors (Lipinski definition) is 14. The molecule has 0 fully saturated rings. The molecule has 6 aromatic heterocycles. The molecule has 0 amide bonds. The SMILES string of the molecule is C.C.COCCO.COCCOC(F)(F)c1nnc2cnc(-c3ccc(OCC(F)(F)F)nc3)cn12.FC(F)(F)COc1ccc(-c2cn3c(C(F)(F)Cl)nnc3cn2)cn1. The Morgan fingerprint density at radius 1 is 0.590 bits per heavy atom. The van der Waals surface area contributed by atoms with Crippen molar-refractivity contribution < 1.29 is 72.7 Å². The minimum absolute atomic E-state index is 0. The van der Waals surface area contributed by atoms with Crippen molar-refractivity contribution >= 4 is 22.9 Å². The summed E-state index contributed by atoms with van der Waals surface area (Å²) in [5.41, 5.74) is 1.24. The highest BCUT2D eigenvalue weighted by Crippen LogP contribution is 2.32. The molecule has 0 aromatic carbocycles. The number of aliphatic hydroxyl groups is 1. The van der Waals surface area contributed by atoms with Crippen LogP contribution in [-0.4, -0.2) is 120 Å². The van der Waals surface area contributed by atoms with Crippen LogP contribution in [0.25, 0.3) is 33.8 Å². The maximum Gasteiger partial charge on any atom is 0.422 e. The number of rotatable bonds is 14. The van der Waals surface area contributed by atoms with E-state index >= 15 is 0 Å². The number of methoxy groups -OCH3 is 2. The monoisotopic (exact) mass is 906 g/mol. The van der Waals surface area contributed by atoms with E-state index in [2.05, 4.69) is 64.0 Å². The Labute approximate surface area is 344 Å². The molecular weight excluding hydrogens is 870 g/mol. The summed E-state index contributed by atoms with van der Waals surface area (Å²) in [6.45, 7) is -2.78. The van der Waals surface area contributed by atoms with Crippen LogP contribution in [0.2, 0.25) is 0 Å². The molecule has 336 valence electrons. The van der Waals surface area contributed by atoms with Crippen LogP contribution >= 0.6 is 11.6 Å². The zero-order chi connectivity index (χ0) is 43.4. The van der Waals surface area contributed by atoms with Crippen LogP contribution in [0.15, 0.2) is 61.4 Å². The van der Waals surface area contributed by atoms with E-state index < -0.39 is 48.7 Å². The topological polar surface area (TPSA) is 178 Å². The Kier molecular flexibility index (Phi) is 18.9. The minimum Gasteiger partial charge on any atom is -0.468 e. The van der Waals surface area contributed by atoms with Crippen LogP contribution in [0.3, 0.4) is 0 Å². The van der Waals surface area contributed by atoms with Crippen molar-refractivity contribution in [3.63, 3.8) is 0 Å². The molecule has 61 heavy (non-hydrogen) atoms. The maximum atomic E-state index is 14.3. The molecule has 1 N–H and O–H groups in total. The molecule has 0 aliphatic rings. The lowest BCUT2D eigenvalue weighted by Gasteiger charge is -2.15. The molecule has 6 rings (SSSR count). The molecule has 0 bridgehead atoms. The van der Waals surface area contributed by atoms with E-state index in [0.717, 1.165) is 8.80 Å². The summed E-state index contributed by atoms with van der Waals surface area (Å²) in [6, 6.07) is 5.19. The lowest BCUT2D eigenvalue weighted by Crippen LogP contribution is -2.23. The summed E-state index contributed by atoms with van der Waals surface area (Å²) in [4.78, 5) is 15.6. The third-order valence-electron chi connectivity index (χ3n) is 6.80. The second-order valence-corrected chi connectivity index (χ2v) is 11.7. The van der Waals surface area contributed by atoms with Gasteiger partial charge in [-0.2, -0.15) is 43.9 Å². The number of pyridine rings is 2. The summed E-state index contributed by atoms with van der Waals surface area (Å²) in [7, 11) is 2.90. The molecule has 0 unspecified atom stereocenters. The lowest BCUT2D eigenvalue weighted by atomic mass is 10.2. The lowest BCUT2D eigenvalue weighted by molar-refractivity contribution is -0.258.